The van der Waals surface area contributed by atoms with Gasteiger partial charge in [-0.1, -0.05) is 25.1 Å². The molecule has 0 bridgehead atoms. The molecule has 0 atom stereocenters. The maximum Gasteiger partial charge on any atom is 0.387 e. The number of fused-ring (bicyclic) bond motifs is 1. The van der Waals surface area contributed by atoms with Crippen LogP contribution in [0, 0.1) is 0 Å². The Morgan fingerprint density at radius 2 is 2.11 bits per heavy atom. The summed E-state index contributed by atoms with van der Waals surface area (Å²) in [5.41, 5.74) is 2.23. The highest BCUT2D eigenvalue weighted by atomic mass is 32.1. The molecule has 0 radical (unpaired) electrons. The van der Waals surface area contributed by atoms with Gasteiger partial charge in [-0.15, -0.1) is 22.7 Å². The summed E-state index contributed by atoms with van der Waals surface area (Å²) in [5, 5.41) is 7.27. The van der Waals surface area contributed by atoms with E-state index in [1.54, 1.807) is 41.8 Å². The summed E-state index contributed by atoms with van der Waals surface area (Å²) in [6.45, 7) is 2.28. The summed E-state index contributed by atoms with van der Waals surface area (Å²) >= 11 is 2.79. The second kappa shape index (κ2) is 10.2. The van der Waals surface area contributed by atoms with Gasteiger partial charge in [0, 0.05) is 28.4 Å². The Bertz CT molecular complexity index is 1450. The van der Waals surface area contributed by atoms with Crippen molar-refractivity contribution in [2.75, 3.05) is 5.32 Å². The zero-order valence-corrected chi connectivity index (χ0v) is 20.9. The molecular formula is C25H22F2N4O3S2. The maximum atomic E-state index is 13.3. The number of hydrogen-bond acceptors (Lipinski definition) is 7. The van der Waals surface area contributed by atoms with Crippen LogP contribution in [-0.4, -0.2) is 26.9 Å². The number of allylic oxidation sites excluding steroid dienone is 1. The Morgan fingerprint density at radius 1 is 1.28 bits per heavy atom. The number of carbonyl (C=O) groups is 1. The molecule has 0 spiro atoms. The first-order valence-corrected chi connectivity index (χ1v) is 13.0. The highest BCUT2D eigenvalue weighted by Crippen LogP contribution is 2.38. The predicted octanol–water partition coefficient (Wildman–Crippen LogP) is 7.06. The van der Waals surface area contributed by atoms with Crippen molar-refractivity contribution in [2.45, 2.75) is 38.7 Å². The third kappa shape index (κ3) is 5.02. The Kier molecular flexibility index (Phi) is 6.84. The lowest BCUT2D eigenvalue weighted by atomic mass is 9.83. The first-order valence-electron chi connectivity index (χ1n) is 11.2. The summed E-state index contributed by atoms with van der Waals surface area (Å²) in [5.74, 6) is 0.416. The second-order valence-corrected chi connectivity index (χ2v) is 9.98. The van der Waals surface area contributed by atoms with Crippen LogP contribution in [0.1, 0.15) is 59.5 Å². The highest BCUT2D eigenvalue weighted by Gasteiger charge is 2.24. The van der Waals surface area contributed by atoms with Gasteiger partial charge in [-0.25, -0.2) is 9.97 Å². The number of alkyl halides is 2. The number of nitrogens with one attached hydrogen (secondary N) is 1. The van der Waals surface area contributed by atoms with E-state index in [0.29, 0.717) is 38.7 Å². The fraction of sp³-hybridized carbons (Fsp3) is 0.240. The van der Waals surface area contributed by atoms with Crippen LogP contribution in [0.15, 0.2) is 47.5 Å². The monoisotopic (exact) mass is 528 g/mol. The molecule has 5 rings (SSSR count). The van der Waals surface area contributed by atoms with Gasteiger partial charge in [0.25, 0.3) is 5.91 Å². The van der Waals surface area contributed by atoms with Crippen LogP contribution in [0.4, 0.5) is 13.9 Å². The van der Waals surface area contributed by atoms with E-state index in [1.807, 2.05) is 10.8 Å². The lowest BCUT2D eigenvalue weighted by molar-refractivity contribution is -0.0511. The maximum absolute atomic E-state index is 13.3. The molecule has 3 heterocycles. The van der Waals surface area contributed by atoms with Crippen molar-refractivity contribution in [3.63, 3.8) is 0 Å². The molecule has 11 heteroatoms. The Hall–Kier alpha value is -3.57. The predicted molar refractivity (Wildman–Crippen MR) is 137 cm³/mol. The van der Waals surface area contributed by atoms with Gasteiger partial charge in [0.1, 0.15) is 5.69 Å². The van der Waals surface area contributed by atoms with Crippen LogP contribution in [0.2, 0.25) is 0 Å². The van der Waals surface area contributed by atoms with Gasteiger partial charge in [-0.2, -0.15) is 8.78 Å². The van der Waals surface area contributed by atoms with E-state index in [1.165, 1.54) is 35.2 Å². The van der Waals surface area contributed by atoms with Gasteiger partial charge in [0.15, 0.2) is 21.6 Å². The minimum Gasteiger partial charge on any atom is -0.458 e. The van der Waals surface area contributed by atoms with Crippen LogP contribution in [0.5, 0.6) is 11.5 Å². The molecule has 1 aliphatic carbocycles. The minimum absolute atomic E-state index is 0.0971. The number of carbonyl (C=O) groups excluding carboxylic acids is 1. The standard InChI is InChI=1S/C25H22F2N4O3S2/c1-14(2)33-21-16(7-4-8-19(21)34-23(26)27)9-10-17-20(31-11-12-35-25(31)29-17)22(32)30-24-28-18(13-36-24)15-5-3-6-15/h4,7-13,15,23H,1,3,5-6H2,2H3,(H,28,30,32). The van der Waals surface area contributed by atoms with E-state index in [9.17, 15) is 13.6 Å². The summed E-state index contributed by atoms with van der Waals surface area (Å²) in [6, 6.07) is 4.64. The lowest BCUT2D eigenvalue weighted by Gasteiger charge is -2.22. The SMILES string of the molecule is C=C(C)Oc1c(C=Cc2nc3sccn3c2C(=O)Nc2nc(C3CCC3)cs2)cccc1OC(F)F. The van der Waals surface area contributed by atoms with Crippen molar-refractivity contribution in [2.24, 2.45) is 0 Å². The number of ether oxygens (including phenoxy) is 2. The Labute approximate surface area is 213 Å². The number of thiazole rings is 2. The number of imidazole rings is 1. The lowest BCUT2D eigenvalue weighted by Crippen LogP contribution is -2.15. The van der Waals surface area contributed by atoms with E-state index in [0.717, 1.165) is 18.5 Å². The molecule has 1 aromatic carbocycles. The number of benzene rings is 1. The van der Waals surface area contributed by atoms with Gasteiger partial charge in [-0.3, -0.25) is 14.5 Å². The summed E-state index contributed by atoms with van der Waals surface area (Å²) in [7, 11) is 0. The first kappa shape index (κ1) is 24.1. The summed E-state index contributed by atoms with van der Waals surface area (Å²) in [6.07, 6.45) is 8.52. The fourth-order valence-electron chi connectivity index (χ4n) is 3.84. The molecular weight excluding hydrogens is 506 g/mol. The second-order valence-electron chi connectivity index (χ2n) is 8.25. The minimum atomic E-state index is -3.01. The zero-order chi connectivity index (χ0) is 25.2. The molecule has 7 nitrogen and oxygen atoms in total. The number of hydrogen-bond donors (Lipinski definition) is 1. The number of amides is 1. The van der Waals surface area contributed by atoms with Crippen LogP contribution in [0.25, 0.3) is 17.1 Å². The Morgan fingerprint density at radius 3 is 2.83 bits per heavy atom. The van der Waals surface area contributed by atoms with Crippen molar-refractivity contribution >= 4 is 50.8 Å². The third-order valence-electron chi connectivity index (χ3n) is 5.69. The van der Waals surface area contributed by atoms with E-state index < -0.39 is 6.61 Å². The number of halogens is 2. The molecule has 1 fully saturated rings. The van der Waals surface area contributed by atoms with Crippen LogP contribution < -0.4 is 14.8 Å². The molecule has 0 saturated heterocycles. The molecule has 0 unspecified atom stereocenters. The van der Waals surface area contributed by atoms with Crippen LogP contribution in [-0.2, 0) is 0 Å². The van der Waals surface area contributed by atoms with Gasteiger partial charge in [0.05, 0.1) is 17.1 Å². The molecule has 0 aliphatic heterocycles. The topological polar surface area (TPSA) is 77.8 Å². The van der Waals surface area contributed by atoms with Crippen molar-refractivity contribution in [3.05, 3.63) is 70.1 Å². The molecule has 1 aliphatic rings. The van der Waals surface area contributed by atoms with Crippen molar-refractivity contribution < 1.29 is 23.0 Å². The molecule has 4 aromatic rings. The van der Waals surface area contributed by atoms with E-state index in [-0.39, 0.29) is 17.4 Å². The normalized spacial score (nSPS) is 13.9. The number of aromatic nitrogens is 3. The third-order valence-corrected chi connectivity index (χ3v) is 7.23. The van der Waals surface area contributed by atoms with E-state index >= 15 is 0 Å². The van der Waals surface area contributed by atoms with Crippen LogP contribution in [0.3, 0.4) is 0 Å². The average Bonchev–Trinajstić information content (AvgIpc) is 3.48. The van der Waals surface area contributed by atoms with E-state index in [4.69, 9.17) is 4.74 Å². The number of anilines is 1. The quantitative estimate of drug-likeness (QED) is 0.235. The van der Waals surface area contributed by atoms with Crippen molar-refractivity contribution in [3.8, 4) is 11.5 Å². The molecule has 1 saturated carbocycles. The highest BCUT2D eigenvalue weighted by molar-refractivity contribution is 7.15. The fourth-order valence-corrected chi connectivity index (χ4v) is 5.35. The molecule has 3 aromatic heterocycles. The summed E-state index contributed by atoms with van der Waals surface area (Å²) in [4.78, 5) is 23.1. The van der Waals surface area contributed by atoms with Gasteiger partial charge in [-0.05, 0) is 38.0 Å². The van der Waals surface area contributed by atoms with Gasteiger partial charge in [0.2, 0.25) is 0 Å². The molecule has 36 heavy (non-hydrogen) atoms. The number of nitrogens with zero attached hydrogens (tertiary/aromatic N) is 3. The first-order chi connectivity index (χ1) is 17.4. The van der Waals surface area contributed by atoms with Crippen molar-refractivity contribution in [1.82, 2.24) is 14.4 Å². The number of para-hydroxylation sites is 1. The molecule has 1 amide bonds. The van der Waals surface area contributed by atoms with Crippen LogP contribution >= 0.6 is 22.7 Å². The summed E-state index contributed by atoms with van der Waals surface area (Å²) < 4.78 is 37.7. The zero-order valence-electron chi connectivity index (χ0n) is 19.2. The van der Waals surface area contributed by atoms with Gasteiger partial charge < -0.3 is 9.47 Å². The number of rotatable bonds is 9. The Balaban J connectivity index is 1.46. The van der Waals surface area contributed by atoms with Crippen molar-refractivity contribution in [1.29, 1.82) is 0 Å². The van der Waals surface area contributed by atoms with E-state index in [2.05, 4.69) is 26.6 Å². The average molecular weight is 529 g/mol. The molecule has 1 N–H and O–H groups in total. The smallest absolute Gasteiger partial charge is 0.387 e. The molecule has 186 valence electrons. The van der Waals surface area contributed by atoms with Gasteiger partial charge >= 0.3 is 6.61 Å². The largest absolute Gasteiger partial charge is 0.458 e.